The molecule has 2 aromatic rings. The van der Waals surface area contributed by atoms with Crippen molar-refractivity contribution in [2.75, 3.05) is 0 Å². The maximum atomic E-state index is 11.5. The standard InChI is InChI=1S/C11H14N4O2/c1-7(2)11-13-12-9(17-11)6-15-10(16)5-4-8(3)14-15/h4-5,7H,6H2,1-3H3. The average molecular weight is 234 g/mol. The van der Waals surface area contributed by atoms with Crippen molar-refractivity contribution < 1.29 is 4.42 Å². The smallest absolute Gasteiger partial charge is 0.267 e. The summed E-state index contributed by atoms with van der Waals surface area (Å²) in [7, 11) is 0. The van der Waals surface area contributed by atoms with Crippen molar-refractivity contribution in [1.29, 1.82) is 0 Å². The molecule has 0 saturated carbocycles. The van der Waals surface area contributed by atoms with Crippen LogP contribution in [0.25, 0.3) is 0 Å². The van der Waals surface area contributed by atoms with E-state index in [0.29, 0.717) is 11.8 Å². The lowest BCUT2D eigenvalue weighted by Crippen LogP contribution is -2.23. The van der Waals surface area contributed by atoms with Crippen LogP contribution in [0.5, 0.6) is 0 Å². The third-order valence-electron chi connectivity index (χ3n) is 2.26. The summed E-state index contributed by atoms with van der Waals surface area (Å²) in [5, 5.41) is 11.9. The summed E-state index contributed by atoms with van der Waals surface area (Å²) >= 11 is 0. The molecule has 2 aromatic heterocycles. The van der Waals surface area contributed by atoms with Gasteiger partial charge < -0.3 is 4.42 Å². The summed E-state index contributed by atoms with van der Waals surface area (Å²) in [4.78, 5) is 11.5. The maximum absolute atomic E-state index is 11.5. The molecule has 2 rings (SSSR count). The molecule has 0 amide bonds. The first-order valence-electron chi connectivity index (χ1n) is 5.43. The van der Waals surface area contributed by atoms with Gasteiger partial charge in [-0.25, -0.2) is 4.68 Å². The quantitative estimate of drug-likeness (QED) is 0.795. The zero-order valence-corrected chi connectivity index (χ0v) is 10.0. The lowest BCUT2D eigenvalue weighted by molar-refractivity contribution is 0.411. The van der Waals surface area contributed by atoms with E-state index in [4.69, 9.17) is 4.42 Å². The summed E-state index contributed by atoms with van der Waals surface area (Å²) in [6.07, 6.45) is 0. The maximum Gasteiger partial charge on any atom is 0.267 e. The zero-order valence-electron chi connectivity index (χ0n) is 10.0. The molecule has 0 radical (unpaired) electrons. The van der Waals surface area contributed by atoms with Crippen LogP contribution in [-0.4, -0.2) is 20.0 Å². The molecular formula is C11H14N4O2. The van der Waals surface area contributed by atoms with Gasteiger partial charge >= 0.3 is 0 Å². The van der Waals surface area contributed by atoms with Crippen LogP contribution in [0.2, 0.25) is 0 Å². The van der Waals surface area contributed by atoms with E-state index in [2.05, 4.69) is 15.3 Å². The summed E-state index contributed by atoms with van der Waals surface area (Å²) in [6.45, 7) is 5.96. The normalized spacial score (nSPS) is 11.1. The number of hydrogen-bond acceptors (Lipinski definition) is 5. The lowest BCUT2D eigenvalue weighted by atomic mass is 10.2. The van der Waals surface area contributed by atoms with Crippen molar-refractivity contribution in [3.05, 3.63) is 40.0 Å². The van der Waals surface area contributed by atoms with Crippen LogP contribution in [-0.2, 0) is 6.54 Å². The monoisotopic (exact) mass is 234 g/mol. The lowest BCUT2D eigenvalue weighted by Gasteiger charge is -2.01. The molecule has 0 saturated heterocycles. The second-order valence-corrected chi connectivity index (χ2v) is 4.16. The van der Waals surface area contributed by atoms with Gasteiger partial charge in [-0.15, -0.1) is 10.2 Å². The number of hydrogen-bond donors (Lipinski definition) is 0. The van der Waals surface area contributed by atoms with Gasteiger partial charge in [0.1, 0.15) is 6.54 Å². The molecule has 6 heteroatoms. The third-order valence-corrected chi connectivity index (χ3v) is 2.26. The van der Waals surface area contributed by atoms with Gasteiger partial charge in [0.05, 0.1) is 5.69 Å². The average Bonchev–Trinajstić information content (AvgIpc) is 2.72. The molecule has 90 valence electrons. The van der Waals surface area contributed by atoms with Gasteiger partial charge in [0.15, 0.2) is 0 Å². The van der Waals surface area contributed by atoms with Crippen molar-refractivity contribution in [3.8, 4) is 0 Å². The molecule has 0 fully saturated rings. The van der Waals surface area contributed by atoms with E-state index in [-0.39, 0.29) is 18.0 Å². The molecule has 0 spiro atoms. The second kappa shape index (κ2) is 4.48. The predicted molar refractivity (Wildman–Crippen MR) is 60.7 cm³/mol. The minimum Gasteiger partial charge on any atom is -0.423 e. The fourth-order valence-electron chi connectivity index (χ4n) is 1.36. The van der Waals surface area contributed by atoms with Gasteiger partial charge in [-0.2, -0.15) is 5.10 Å². The van der Waals surface area contributed by atoms with Crippen molar-refractivity contribution in [2.45, 2.75) is 33.2 Å². The molecule has 0 N–H and O–H groups in total. The van der Waals surface area contributed by atoms with Crippen molar-refractivity contribution in [1.82, 2.24) is 20.0 Å². The SMILES string of the molecule is Cc1ccc(=O)n(Cc2nnc(C(C)C)o2)n1. The summed E-state index contributed by atoms with van der Waals surface area (Å²) < 4.78 is 6.73. The highest BCUT2D eigenvalue weighted by atomic mass is 16.4. The Morgan fingerprint density at radius 2 is 2.12 bits per heavy atom. The van der Waals surface area contributed by atoms with Crippen molar-refractivity contribution in [3.63, 3.8) is 0 Å². The molecule has 0 unspecified atom stereocenters. The van der Waals surface area contributed by atoms with Crippen LogP contribution in [0.4, 0.5) is 0 Å². The van der Waals surface area contributed by atoms with Crippen LogP contribution in [0.15, 0.2) is 21.3 Å². The van der Waals surface area contributed by atoms with Crippen LogP contribution in [0.3, 0.4) is 0 Å². The van der Waals surface area contributed by atoms with E-state index in [1.54, 1.807) is 6.07 Å². The van der Waals surface area contributed by atoms with Crippen LogP contribution < -0.4 is 5.56 Å². The van der Waals surface area contributed by atoms with Gasteiger partial charge in [0.2, 0.25) is 11.8 Å². The Labute approximate surface area is 98.3 Å². The molecule has 0 aliphatic rings. The highest BCUT2D eigenvalue weighted by molar-refractivity contribution is 4.98. The van der Waals surface area contributed by atoms with Gasteiger partial charge in [-0.05, 0) is 13.0 Å². The van der Waals surface area contributed by atoms with Gasteiger partial charge in [0.25, 0.3) is 5.56 Å². The molecule has 2 heterocycles. The number of nitrogens with zero attached hydrogens (tertiary/aromatic N) is 4. The van der Waals surface area contributed by atoms with E-state index < -0.39 is 0 Å². The first-order chi connectivity index (χ1) is 8.06. The largest absolute Gasteiger partial charge is 0.423 e. The molecule has 0 aliphatic carbocycles. The van der Waals surface area contributed by atoms with E-state index in [1.807, 2.05) is 20.8 Å². The predicted octanol–water partition coefficient (Wildman–Crippen LogP) is 1.11. The second-order valence-electron chi connectivity index (χ2n) is 4.16. The van der Waals surface area contributed by atoms with E-state index in [9.17, 15) is 4.79 Å². The number of aryl methyl sites for hydroxylation is 1. The molecular weight excluding hydrogens is 220 g/mol. The van der Waals surface area contributed by atoms with Crippen LogP contribution in [0.1, 0.15) is 37.2 Å². The Morgan fingerprint density at radius 1 is 1.35 bits per heavy atom. The number of aromatic nitrogens is 4. The van der Waals surface area contributed by atoms with Crippen LogP contribution >= 0.6 is 0 Å². The zero-order chi connectivity index (χ0) is 12.4. The minimum atomic E-state index is -0.181. The molecule has 0 atom stereocenters. The molecule has 0 aromatic carbocycles. The Hall–Kier alpha value is -1.98. The van der Waals surface area contributed by atoms with Gasteiger partial charge in [-0.1, -0.05) is 13.8 Å². The molecule has 0 aliphatic heterocycles. The van der Waals surface area contributed by atoms with E-state index in [0.717, 1.165) is 5.69 Å². The summed E-state index contributed by atoms with van der Waals surface area (Å²) in [5.74, 6) is 1.15. The Kier molecular flexibility index (Phi) is 3.03. The Balaban J connectivity index is 2.25. The Bertz CT molecular complexity index is 571. The Morgan fingerprint density at radius 3 is 2.76 bits per heavy atom. The molecule has 0 bridgehead atoms. The minimum absolute atomic E-state index is 0.179. The van der Waals surface area contributed by atoms with Gasteiger partial charge in [0, 0.05) is 12.0 Å². The highest BCUT2D eigenvalue weighted by Crippen LogP contribution is 2.11. The van der Waals surface area contributed by atoms with Crippen molar-refractivity contribution >= 4 is 0 Å². The van der Waals surface area contributed by atoms with E-state index >= 15 is 0 Å². The topological polar surface area (TPSA) is 73.8 Å². The first kappa shape index (κ1) is 11.5. The third kappa shape index (κ3) is 2.58. The van der Waals surface area contributed by atoms with Crippen LogP contribution in [0, 0.1) is 6.92 Å². The fourth-order valence-corrected chi connectivity index (χ4v) is 1.36. The fraction of sp³-hybridized carbons (Fsp3) is 0.455. The van der Waals surface area contributed by atoms with E-state index in [1.165, 1.54) is 10.7 Å². The first-order valence-corrected chi connectivity index (χ1v) is 5.43. The number of rotatable bonds is 3. The highest BCUT2D eigenvalue weighted by Gasteiger charge is 2.10. The van der Waals surface area contributed by atoms with Gasteiger partial charge in [-0.3, -0.25) is 4.79 Å². The molecule has 17 heavy (non-hydrogen) atoms. The summed E-state index contributed by atoms with van der Waals surface area (Å²) in [5.41, 5.74) is 0.591. The summed E-state index contributed by atoms with van der Waals surface area (Å²) in [6, 6.07) is 3.15. The molecule has 6 nitrogen and oxygen atoms in total. The van der Waals surface area contributed by atoms with Crippen molar-refractivity contribution in [2.24, 2.45) is 0 Å².